The zero-order valence-electron chi connectivity index (χ0n) is 24.1. The van der Waals surface area contributed by atoms with Gasteiger partial charge in [-0.05, 0) is 62.0 Å². The van der Waals surface area contributed by atoms with Crippen LogP contribution >= 0.6 is 0 Å². The van der Waals surface area contributed by atoms with E-state index in [2.05, 4.69) is 41.8 Å². The van der Waals surface area contributed by atoms with Crippen LogP contribution in [-0.2, 0) is 27.4 Å². The lowest BCUT2D eigenvalue weighted by atomic mass is 9.90. The Hall–Kier alpha value is -3.35. The molecule has 1 heterocycles. The van der Waals surface area contributed by atoms with Crippen LogP contribution < -0.4 is 10.6 Å². The molecule has 1 aliphatic heterocycles. The Bertz CT molecular complexity index is 1010. The summed E-state index contributed by atoms with van der Waals surface area (Å²) in [6, 6.07) is 19.4. The largest absolute Gasteiger partial charge is 0.445 e. The zero-order chi connectivity index (χ0) is 28.4. The van der Waals surface area contributed by atoms with Crippen molar-refractivity contribution in [3.63, 3.8) is 0 Å². The van der Waals surface area contributed by atoms with Crippen LogP contribution in [0.25, 0.3) is 0 Å². The predicted molar refractivity (Wildman–Crippen MR) is 159 cm³/mol. The van der Waals surface area contributed by atoms with E-state index in [0.717, 1.165) is 63.4 Å². The number of piperidine rings is 1. The molecule has 2 aromatic rings. The van der Waals surface area contributed by atoms with Crippen LogP contribution in [0.2, 0.25) is 0 Å². The molecule has 1 unspecified atom stereocenters. The first-order valence-corrected chi connectivity index (χ1v) is 15.1. The van der Waals surface area contributed by atoms with Gasteiger partial charge in [0.2, 0.25) is 11.8 Å². The number of nitrogens with zero attached hydrogens (tertiary/aromatic N) is 1. The van der Waals surface area contributed by atoms with Crippen molar-refractivity contribution >= 4 is 17.9 Å². The number of carbonyl (C=O) groups excluding carboxylic acids is 3. The quantitative estimate of drug-likeness (QED) is 0.251. The molecule has 0 aliphatic carbocycles. The molecule has 2 aromatic carbocycles. The number of ether oxygens (including phenoxy) is 1. The highest BCUT2D eigenvalue weighted by molar-refractivity contribution is 5.85. The first-order chi connectivity index (χ1) is 19.5. The van der Waals surface area contributed by atoms with Crippen LogP contribution in [0, 0.1) is 5.92 Å². The number of hydrogen-bond acceptors (Lipinski definition) is 4. The second-order valence-corrected chi connectivity index (χ2v) is 10.9. The Morgan fingerprint density at radius 3 is 2.23 bits per heavy atom. The molecule has 1 saturated heterocycles. The molecule has 7 nitrogen and oxygen atoms in total. The summed E-state index contributed by atoms with van der Waals surface area (Å²) in [5.41, 5.74) is 2.23. The van der Waals surface area contributed by atoms with Gasteiger partial charge in [-0.25, -0.2) is 4.79 Å². The van der Waals surface area contributed by atoms with Crippen molar-refractivity contribution in [2.45, 2.75) is 90.2 Å². The second kappa shape index (κ2) is 18.1. The van der Waals surface area contributed by atoms with Crippen molar-refractivity contribution in [2.75, 3.05) is 19.6 Å². The molecular weight excluding hydrogens is 502 g/mol. The molecule has 40 heavy (non-hydrogen) atoms. The number of carbonyl (C=O) groups is 3. The topological polar surface area (TPSA) is 87.7 Å². The van der Waals surface area contributed by atoms with Crippen LogP contribution in [0.15, 0.2) is 60.7 Å². The van der Waals surface area contributed by atoms with Crippen LogP contribution in [0.1, 0.15) is 82.3 Å². The van der Waals surface area contributed by atoms with Gasteiger partial charge in [0.1, 0.15) is 12.6 Å². The molecule has 218 valence electrons. The molecule has 0 radical (unpaired) electrons. The van der Waals surface area contributed by atoms with E-state index in [1.54, 1.807) is 0 Å². The maximum atomic E-state index is 13.5. The lowest BCUT2D eigenvalue weighted by Gasteiger charge is -2.34. The van der Waals surface area contributed by atoms with Gasteiger partial charge in [0, 0.05) is 26.1 Å². The number of alkyl carbamates (subject to hydrolysis) is 1. The van der Waals surface area contributed by atoms with E-state index >= 15 is 0 Å². The third-order valence-corrected chi connectivity index (χ3v) is 7.60. The van der Waals surface area contributed by atoms with Gasteiger partial charge in [-0.2, -0.15) is 0 Å². The number of likely N-dealkylation sites (tertiary alicyclic amines) is 1. The minimum Gasteiger partial charge on any atom is -0.445 e. The fraction of sp³-hybridized carbons (Fsp3) is 0.545. The highest BCUT2D eigenvalue weighted by Gasteiger charge is 2.29. The minimum absolute atomic E-state index is 0.0465. The van der Waals surface area contributed by atoms with Crippen molar-refractivity contribution in [1.29, 1.82) is 0 Å². The molecule has 0 saturated carbocycles. The fourth-order valence-electron chi connectivity index (χ4n) is 5.19. The van der Waals surface area contributed by atoms with Gasteiger partial charge >= 0.3 is 6.09 Å². The summed E-state index contributed by atoms with van der Waals surface area (Å²) in [7, 11) is 0. The van der Waals surface area contributed by atoms with Gasteiger partial charge in [0.05, 0.1) is 0 Å². The molecule has 1 fully saturated rings. The van der Waals surface area contributed by atoms with E-state index in [1.165, 1.54) is 5.56 Å². The summed E-state index contributed by atoms with van der Waals surface area (Å²) in [5, 5.41) is 5.82. The number of hydrogen-bond donors (Lipinski definition) is 2. The lowest BCUT2D eigenvalue weighted by Crippen LogP contribution is -2.51. The molecular formula is C33H47N3O4. The van der Waals surface area contributed by atoms with Crippen molar-refractivity contribution in [1.82, 2.24) is 15.5 Å². The maximum Gasteiger partial charge on any atom is 0.408 e. The van der Waals surface area contributed by atoms with Crippen molar-refractivity contribution < 1.29 is 19.1 Å². The third kappa shape index (κ3) is 11.8. The minimum atomic E-state index is -0.640. The van der Waals surface area contributed by atoms with Gasteiger partial charge in [0.25, 0.3) is 0 Å². The zero-order valence-corrected chi connectivity index (χ0v) is 24.1. The molecule has 1 aliphatic rings. The van der Waals surface area contributed by atoms with Crippen LogP contribution in [0.5, 0.6) is 0 Å². The maximum absolute atomic E-state index is 13.5. The Labute approximate surface area is 240 Å². The summed E-state index contributed by atoms with van der Waals surface area (Å²) < 4.78 is 5.42. The van der Waals surface area contributed by atoms with Crippen molar-refractivity contribution in [3.8, 4) is 0 Å². The summed E-state index contributed by atoms with van der Waals surface area (Å²) in [6.07, 6.45) is 9.23. The molecule has 0 spiro atoms. The van der Waals surface area contributed by atoms with Crippen LogP contribution in [0.3, 0.4) is 0 Å². The van der Waals surface area contributed by atoms with Crippen molar-refractivity contribution in [3.05, 3.63) is 71.8 Å². The lowest BCUT2D eigenvalue weighted by molar-refractivity contribution is -0.135. The van der Waals surface area contributed by atoms with Gasteiger partial charge in [-0.1, -0.05) is 86.8 Å². The SMILES string of the molecule is CCCCCCC(=O)NCCCCC(NC(=O)OCc1ccccc1)C(=O)N1CCC(Cc2ccccc2)CC1. The standard InChI is InChI=1S/C33H47N3O4/c1-2-3-4-11-19-31(37)34-22-13-12-18-30(35-33(39)40-26-29-16-9-6-10-17-29)32(38)36-23-20-28(21-24-36)25-27-14-7-5-8-15-27/h5-10,14-17,28,30H,2-4,11-13,18-26H2,1H3,(H,34,37)(H,35,39). The molecule has 7 heteroatoms. The average Bonchev–Trinajstić information content (AvgIpc) is 2.98. The third-order valence-electron chi connectivity index (χ3n) is 7.60. The summed E-state index contributed by atoms with van der Waals surface area (Å²) in [5.74, 6) is 0.596. The molecule has 1 atom stereocenters. The first kappa shape index (κ1) is 31.2. The van der Waals surface area contributed by atoms with Gasteiger partial charge in [-0.3, -0.25) is 9.59 Å². The number of nitrogens with one attached hydrogen (secondary N) is 2. The number of benzene rings is 2. The molecule has 3 rings (SSSR count). The van der Waals surface area contributed by atoms with E-state index in [1.807, 2.05) is 41.3 Å². The Morgan fingerprint density at radius 2 is 1.55 bits per heavy atom. The average molecular weight is 550 g/mol. The van der Waals surface area contributed by atoms with E-state index < -0.39 is 12.1 Å². The van der Waals surface area contributed by atoms with Gasteiger partial charge < -0.3 is 20.3 Å². The molecule has 3 amide bonds. The van der Waals surface area contributed by atoms with Gasteiger partial charge in [-0.15, -0.1) is 0 Å². The number of unbranched alkanes of at least 4 members (excludes halogenated alkanes) is 4. The summed E-state index contributed by atoms with van der Waals surface area (Å²) in [4.78, 5) is 40.1. The smallest absolute Gasteiger partial charge is 0.408 e. The van der Waals surface area contributed by atoms with Crippen molar-refractivity contribution in [2.24, 2.45) is 5.92 Å². The van der Waals surface area contributed by atoms with Crippen LogP contribution in [-0.4, -0.2) is 48.5 Å². The van der Waals surface area contributed by atoms with E-state index in [4.69, 9.17) is 4.74 Å². The monoisotopic (exact) mass is 549 g/mol. The number of amides is 3. The fourth-order valence-corrected chi connectivity index (χ4v) is 5.19. The summed E-state index contributed by atoms with van der Waals surface area (Å²) in [6.45, 7) is 4.28. The molecule has 0 aromatic heterocycles. The van der Waals surface area contributed by atoms with E-state index in [9.17, 15) is 14.4 Å². The highest BCUT2D eigenvalue weighted by Crippen LogP contribution is 2.22. The first-order valence-electron chi connectivity index (χ1n) is 15.1. The summed E-state index contributed by atoms with van der Waals surface area (Å²) >= 11 is 0. The second-order valence-electron chi connectivity index (χ2n) is 10.9. The van der Waals surface area contributed by atoms with E-state index in [-0.39, 0.29) is 18.4 Å². The number of rotatable bonds is 16. The Morgan fingerprint density at radius 1 is 0.875 bits per heavy atom. The molecule has 2 N–H and O–H groups in total. The Kier molecular flexibility index (Phi) is 14.1. The Balaban J connectivity index is 1.46. The molecule has 0 bridgehead atoms. The highest BCUT2D eigenvalue weighted by atomic mass is 16.5. The van der Waals surface area contributed by atoms with Gasteiger partial charge in [0.15, 0.2) is 0 Å². The predicted octanol–water partition coefficient (Wildman–Crippen LogP) is 6.02. The van der Waals surface area contributed by atoms with E-state index in [0.29, 0.717) is 38.4 Å². The van der Waals surface area contributed by atoms with Crippen LogP contribution in [0.4, 0.5) is 4.79 Å². The normalized spacial score (nSPS) is 14.4.